The molecular formula is C26H29F3N4O2. The molecule has 1 aliphatic carbocycles. The van der Waals surface area contributed by atoms with Crippen molar-refractivity contribution in [2.45, 2.75) is 57.6 Å². The molecule has 1 fully saturated rings. The second-order valence-corrected chi connectivity index (χ2v) is 9.55. The first-order chi connectivity index (χ1) is 16.7. The third-order valence-electron chi connectivity index (χ3n) is 7.10. The van der Waals surface area contributed by atoms with Crippen LogP contribution in [-0.4, -0.2) is 46.0 Å². The fourth-order valence-corrected chi connectivity index (χ4v) is 5.35. The number of aliphatic hydroxyl groups excluding tert-OH is 2. The summed E-state index contributed by atoms with van der Waals surface area (Å²) in [5.41, 5.74) is 3.58. The van der Waals surface area contributed by atoms with Crippen molar-refractivity contribution in [3.05, 3.63) is 58.2 Å². The number of fused-ring (bicyclic) bond motifs is 3. The lowest BCUT2D eigenvalue weighted by Gasteiger charge is -2.24. The summed E-state index contributed by atoms with van der Waals surface area (Å²) >= 11 is 0. The number of alkyl halides is 2. The Hall–Kier alpha value is -2.91. The fourth-order valence-electron chi connectivity index (χ4n) is 5.35. The van der Waals surface area contributed by atoms with Crippen LogP contribution in [0.1, 0.15) is 53.9 Å². The number of nitrogens with one attached hydrogen (secondary N) is 1. The van der Waals surface area contributed by atoms with Gasteiger partial charge in [0, 0.05) is 29.7 Å². The van der Waals surface area contributed by atoms with Crippen molar-refractivity contribution in [1.29, 1.82) is 0 Å². The zero-order chi connectivity index (χ0) is 24.9. The Labute approximate surface area is 201 Å². The van der Waals surface area contributed by atoms with E-state index in [0.717, 1.165) is 48.5 Å². The molecule has 186 valence electrons. The van der Waals surface area contributed by atoms with Gasteiger partial charge in [0.15, 0.2) is 0 Å². The SMILES string of the molecule is Cc1nc(N[C@H](C)c2cccc(C(F)(F)CO)c2F)c2cc(N3CCC(O)C3)c3c(c2n1)CCC3. The first-order valence-electron chi connectivity index (χ1n) is 12.0. The van der Waals surface area contributed by atoms with Gasteiger partial charge in [-0.3, -0.25) is 0 Å². The van der Waals surface area contributed by atoms with Crippen LogP contribution in [0.15, 0.2) is 24.3 Å². The molecule has 1 aliphatic heterocycles. The van der Waals surface area contributed by atoms with Crippen molar-refractivity contribution < 1.29 is 23.4 Å². The van der Waals surface area contributed by atoms with Crippen molar-refractivity contribution in [2.75, 3.05) is 29.9 Å². The van der Waals surface area contributed by atoms with Gasteiger partial charge in [0.05, 0.1) is 23.2 Å². The Bertz CT molecular complexity index is 1280. The smallest absolute Gasteiger partial charge is 0.298 e. The molecule has 2 aliphatic rings. The molecule has 2 aromatic carbocycles. The van der Waals surface area contributed by atoms with E-state index in [9.17, 15) is 13.9 Å². The number of aliphatic hydroxyl groups is 2. The number of nitrogens with zero attached hydrogens (tertiary/aromatic N) is 3. The van der Waals surface area contributed by atoms with E-state index < -0.39 is 30.0 Å². The van der Waals surface area contributed by atoms with Gasteiger partial charge in [-0.25, -0.2) is 14.4 Å². The molecule has 0 amide bonds. The number of aromatic nitrogens is 2. The van der Waals surface area contributed by atoms with Gasteiger partial charge in [-0.15, -0.1) is 0 Å². The molecule has 35 heavy (non-hydrogen) atoms. The molecule has 1 saturated heterocycles. The van der Waals surface area contributed by atoms with Gasteiger partial charge in [-0.1, -0.05) is 12.1 Å². The fraction of sp³-hybridized carbons (Fsp3) is 0.462. The Morgan fingerprint density at radius 2 is 2.00 bits per heavy atom. The van der Waals surface area contributed by atoms with Crippen LogP contribution in [-0.2, 0) is 18.8 Å². The van der Waals surface area contributed by atoms with Crippen molar-refractivity contribution in [3.8, 4) is 0 Å². The maximum Gasteiger partial charge on any atom is 0.298 e. The zero-order valence-corrected chi connectivity index (χ0v) is 19.8. The summed E-state index contributed by atoms with van der Waals surface area (Å²) in [5.74, 6) is -3.65. The van der Waals surface area contributed by atoms with E-state index in [0.29, 0.717) is 24.6 Å². The number of hydrogen-bond donors (Lipinski definition) is 3. The normalized spacial score (nSPS) is 18.8. The van der Waals surface area contributed by atoms with E-state index in [1.807, 2.05) is 6.07 Å². The third-order valence-corrected chi connectivity index (χ3v) is 7.10. The Morgan fingerprint density at radius 3 is 2.71 bits per heavy atom. The number of hydrogen-bond acceptors (Lipinski definition) is 6. The van der Waals surface area contributed by atoms with Gasteiger partial charge in [-0.05, 0) is 62.8 Å². The molecular weight excluding hydrogens is 457 g/mol. The molecule has 3 aromatic rings. The second kappa shape index (κ2) is 8.95. The van der Waals surface area contributed by atoms with E-state index in [2.05, 4.69) is 15.2 Å². The van der Waals surface area contributed by atoms with Crippen LogP contribution >= 0.6 is 0 Å². The molecule has 1 unspecified atom stereocenters. The van der Waals surface area contributed by atoms with Crippen LogP contribution in [0.2, 0.25) is 0 Å². The lowest BCUT2D eigenvalue weighted by atomic mass is 9.99. The Kier molecular flexibility index (Phi) is 6.09. The third kappa shape index (κ3) is 4.21. The maximum atomic E-state index is 15.1. The molecule has 0 radical (unpaired) electrons. The van der Waals surface area contributed by atoms with Gasteiger partial charge >= 0.3 is 0 Å². The molecule has 1 aromatic heterocycles. The van der Waals surface area contributed by atoms with Crippen LogP contribution in [0.5, 0.6) is 0 Å². The molecule has 0 saturated carbocycles. The summed E-state index contributed by atoms with van der Waals surface area (Å²) in [7, 11) is 0. The first kappa shape index (κ1) is 23.8. The number of β-amino-alcohol motifs (C(OH)–C–C–N with tert-alkyl or cyclic N) is 1. The van der Waals surface area contributed by atoms with Crippen LogP contribution in [0.4, 0.5) is 24.7 Å². The minimum Gasteiger partial charge on any atom is -0.391 e. The van der Waals surface area contributed by atoms with Gasteiger partial charge in [0.25, 0.3) is 5.92 Å². The molecule has 9 heteroatoms. The number of halogens is 3. The highest BCUT2D eigenvalue weighted by molar-refractivity contribution is 5.96. The molecule has 0 spiro atoms. The van der Waals surface area contributed by atoms with Crippen molar-refractivity contribution in [3.63, 3.8) is 0 Å². The van der Waals surface area contributed by atoms with Crippen LogP contribution in [0.3, 0.4) is 0 Å². The zero-order valence-electron chi connectivity index (χ0n) is 19.8. The molecule has 5 rings (SSSR count). The average Bonchev–Trinajstić information content (AvgIpc) is 3.48. The van der Waals surface area contributed by atoms with E-state index in [-0.39, 0.29) is 11.7 Å². The second-order valence-electron chi connectivity index (χ2n) is 9.55. The molecule has 2 heterocycles. The summed E-state index contributed by atoms with van der Waals surface area (Å²) in [6.45, 7) is 3.35. The van der Waals surface area contributed by atoms with E-state index in [1.54, 1.807) is 13.8 Å². The van der Waals surface area contributed by atoms with E-state index in [1.165, 1.54) is 23.3 Å². The van der Waals surface area contributed by atoms with Crippen molar-refractivity contribution in [1.82, 2.24) is 9.97 Å². The van der Waals surface area contributed by atoms with Crippen molar-refractivity contribution in [2.24, 2.45) is 0 Å². The van der Waals surface area contributed by atoms with Gasteiger partial charge in [0.2, 0.25) is 0 Å². The van der Waals surface area contributed by atoms with Gasteiger partial charge in [-0.2, -0.15) is 8.78 Å². The number of benzene rings is 2. The first-order valence-corrected chi connectivity index (χ1v) is 12.0. The molecule has 2 atom stereocenters. The highest BCUT2D eigenvalue weighted by atomic mass is 19.3. The minimum absolute atomic E-state index is 0.0593. The summed E-state index contributed by atoms with van der Waals surface area (Å²) < 4.78 is 43.2. The molecule has 0 bridgehead atoms. The van der Waals surface area contributed by atoms with Gasteiger partial charge < -0.3 is 20.4 Å². The summed E-state index contributed by atoms with van der Waals surface area (Å²) in [6.07, 6.45) is 3.23. The lowest BCUT2D eigenvalue weighted by molar-refractivity contribution is -0.0583. The monoisotopic (exact) mass is 486 g/mol. The van der Waals surface area contributed by atoms with Crippen LogP contribution < -0.4 is 10.2 Å². The minimum atomic E-state index is -3.67. The predicted octanol–water partition coefficient (Wildman–Crippen LogP) is 4.39. The maximum absolute atomic E-state index is 15.1. The predicted molar refractivity (Wildman–Crippen MR) is 129 cm³/mol. The molecule has 3 N–H and O–H groups in total. The Morgan fingerprint density at radius 1 is 1.23 bits per heavy atom. The van der Waals surface area contributed by atoms with Crippen LogP contribution in [0.25, 0.3) is 10.9 Å². The van der Waals surface area contributed by atoms with Crippen molar-refractivity contribution >= 4 is 22.4 Å². The van der Waals surface area contributed by atoms with Crippen LogP contribution in [0, 0.1) is 12.7 Å². The number of anilines is 2. The number of aryl methyl sites for hydroxylation is 2. The van der Waals surface area contributed by atoms with E-state index in [4.69, 9.17) is 10.1 Å². The summed E-state index contributed by atoms with van der Waals surface area (Å²) in [6, 6.07) is 5.18. The summed E-state index contributed by atoms with van der Waals surface area (Å²) in [4.78, 5) is 11.5. The quantitative estimate of drug-likeness (QED) is 0.480. The van der Waals surface area contributed by atoms with Gasteiger partial charge in [0.1, 0.15) is 24.1 Å². The molecule has 6 nitrogen and oxygen atoms in total. The summed E-state index contributed by atoms with van der Waals surface area (Å²) in [5, 5.41) is 23.1. The topological polar surface area (TPSA) is 81.5 Å². The van der Waals surface area contributed by atoms with E-state index >= 15 is 4.39 Å². The average molecular weight is 487 g/mol. The highest BCUT2D eigenvalue weighted by Gasteiger charge is 2.35. The highest BCUT2D eigenvalue weighted by Crippen LogP contribution is 2.41. The Balaban J connectivity index is 1.58. The lowest BCUT2D eigenvalue weighted by Crippen LogP contribution is -2.23. The number of rotatable bonds is 6. The largest absolute Gasteiger partial charge is 0.391 e. The standard InChI is InChI=1S/C26H29F3N4O2/c1-14(17-5-4-8-21(23(17)27)26(28,29)13-34)30-25-20-11-22(33-10-9-16(35)12-33)18-6-3-7-19(18)24(20)31-15(2)32-25/h4-5,8,11,14,16,34-35H,3,6-7,9-10,12-13H2,1-2H3,(H,30,31,32)/t14-,16?/m1/s1.